The van der Waals surface area contributed by atoms with E-state index in [-0.39, 0.29) is 6.61 Å². The summed E-state index contributed by atoms with van der Waals surface area (Å²) in [4.78, 5) is 0. The predicted octanol–water partition coefficient (Wildman–Crippen LogP) is 0.707. The highest BCUT2D eigenvalue weighted by Gasteiger charge is 2.09. The number of rotatable bonds is 5. The van der Waals surface area contributed by atoms with E-state index in [1.165, 1.54) is 0 Å². The van der Waals surface area contributed by atoms with Gasteiger partial charge in [0.1, 0.15) is 7.05 Å². The van der Waals surface area contributed by atoms with Gasteiger partial charge in [-0.05, 0) is 25.3 Å². The molecule has 3 nitrogen and oxygen atoms in total. The number of aromatic nitrogens is 1. The van der Waals surface area contributed by atoms with Gasteiger partial charge in [0.05, 0.1) is 6.10 Å². The molecule has 3 heteroatoms. The SMILES string of the molecule is C[n+]1cccc(C(O)CCCCO)c1. The van der Waals surface area contributed by atoms with Crippen LogP contribution in [0.1, 0.15) is 30.9 Å². The smallest absolute Gasteiger partial charge is 0.174 e. The molecule has 0 radical (unpaired) electrons. The summed E-state index contributed by atoms with van der Waals surface area (Å²) >= 11 is 0. The fraction of sp³-hybridized carbons (Fsp3) is 0.545. The molecule has 78 valence electrons. The third kappa shape index (κ3) is 3.44. The minimum absolute atomic E-state index is 0.204. The lowest BCUT2D eigenvalue weighted by molar-refractivity contribution is -0.672. The van der Waals surface area contributed by atoms with Crippen molar-refractivity contribution in [3.8, 4) is 0 Å². The molecule has 1 heterocycles. The Labute approximate surface area is 84.6 Å². The van der Waals surface area contributed by atoms with E-state index >= 15 is 0 Å². The molecule has 0 aliphatic heterocycles. The molecule has 2 N–H and O–H groups in total. The van der Waals surface area contributed by atoms with Crippen molar-refractivity contribution in [2.75, 3.05) is 6.61 Å². The first-order valence-electron chi connectivity index (χ1n) is 4.98. The van der Waals surface area contributed by atoms with Crippen molar-refractivity contribution in [2.45, 2.75) is 25.4 Å². The first-order chi connectivity index (χ1) is 6.74. The van der Waals surface area contributed by atoms with Crippen molar-refractivity contribution in [1.29, 1.82) is 0 Å². The molecule has 0 amide bonds. The van der Waals surface area contributed by atoms with Crippen LogP contribution in [0.15, 0.2) is 24.5 Å². The molecule has 0 spiro atoms. The number of aliphatic hydroxyl groups is 2. The van der Waals surface area contributed by atoms with E-state index in [1.54, 1.807) is 0 Å². The first-order valence-corrected chi connectivity index (χ1v) is 4.98. The lowest BCUT2D eigenvalue weighted by Gasteiger charge is -2.08. The molecular formula is C11H18NO2+. The van der Waals surface area contributed by atoms with Crippen LogP contribution in [0.5, 0.6) is 0 Å². The summed E-state index contributed by atoms with van der Waals surface area (Å²) in [5, 5.41) is 18.4. The Morgan fingerprint density at radius 1 is 1.43 bits per heavy atom. The summed E-state index contributed by atoms with van der Waals surface area (Å²) in [5.74, 6) is 0. The third-order valence-corrected chi connectivity index (χ3v) is 2.23. The number of nitrogens with zero attached hydrogens (tertiary/aromatic N) is 1. The minimum atomic E-state index is -0.408. The molecule has 0 aliphatic carbocycles. The topological polar surface area (TPSA) is 44.3 Å². The number of unbranched alkanes of at least 4 members (excludes halogenated alkanes) is 1. The van der Waals surface area contributed by atoms with Crippen LogP contribution in [0.2, 0.25) is 0 Å². The van der Waals surface area contributed by atoms with Crippen molar-refractivity contribution < 1.29 is 14.8 Å². The quantitative estimate of drug-likeness (QED) is 0.538. The monoisotopic (exact) mass is 196 g/mol. The minimum Gasteiger partial charge on any atom is -0.396 e. The molecule has 14 heavy (non-hydrogen) atoms. The molecule has 1 atom stereocenters. The normalized spacial score (nSPS) is 12.8. The molecule has 0 aliphatic rings. The lowest BCUT2D eigenvalue weighted by Crippen LogP contribution is -2.27. The van der Waals surface area contributed by atoms with E-state index in [2.05, 4.69) is 0 Å². The van der Waals surface area contributed by atoms with Gasteiger partial charge in [0.15, 0.2) is 12.4 Å². The molecule has 0 saturated carbocycles. The molecule has 0 aromatic carbocycles. The molecular weight excluding hydrogens is 178 g/mol. The summed E-state index contributed by atoms with van der Waals surface area (Å²) in [5.41, 5.74) is 0.938. The molecule has 1 aromatic heterocycles. The number of pyridine rings is 1. The summed E-state index contributed by atoms with van der Waals surface area (Å²) < 4.78 is 1.92. The Morgan fingerprint density at radius 2 is 2.21 bits per heavy atom. The van der Waals surface area contributed by atoms with Crippen molar-refractivity contribution in [2.24, 2.45) is 7.05 Å². The van der Waals surface area contributed by atoms with Crippen LogP contribution in [-0.2, 0) is 7.05 Å². The zero-order valence-corrected chi connectivity index (χ0v) is 8.56. The zero-order valence-electron chi connectivity index (χ0n) is 8.56. The Morgan fingerprint density at radius 3 is 2.86 bits per heavy atom. The van der Waals surface area contributed by atoms with E-state index in [0.29, 0.717) is 6.42 Å². The van der Waals surface area contributed by atoms with Gasteiger partial charge >= 0.3 is 0 Å². The van der Waals surface area contributed by atoms with Gasteiger partial charge in [0, 0.05) is 18.2 Å². The predicted molar refractivity (Wildman–Crippen MR) is 53.5 cm³/mol. The molecule has 1 aromatic rings. The number of hydrogen-bond acceptors (Lipinski definition) is 2. The number of hydrogen-bond donors (Lipinski definition) is 2. The van der Waals surface area contributed by atoms with E-state index in [9.17, 15) is 5.11 Å². The third-order valence-electron chi connectivity index (χ3n) is 2.23. The highest BCUT2D eigenvalue weighted by molar-refractivity contribution is 5.08. The van der Waals surface area contributed by atoms with Crippen LogP contribution < -0.4 is 4.57 Å². The Hall–Kier alpha value is -0.930. The van der Waals surface area contributed by atoms with Crippen LogP contribution in [0.4, 0.5) is 0 Å². The zero-order chi connectivity index (χ0) is 10.4. The summed E-state index contributed by atoms with van der Waals surface area (Å²) in [6.07, 6.45) is 5.78. The Kier molecular flexibility index (Phi) is 4.56. The molecule has 1 rings (SSSR count). The van der Waals surface area contributed by atoms with Crippen molar-refractivity contribution in [1.82, 2.24) is 0 Å². The number of aliphatic hydroxyl groups excluding tert-OH is 2. The average Bonchev–Trinajstić information content (AvgIpc) is 2.18. The van der Waals surface area contributed by atoms with Crippen molar-refractivity contribution >= 4 is 0 Å². The van der Waals surface area contributed by atoms with Crippen LogP contribution in [-0.4, -0.2) is 16.8 Å². The average molecular weight is 196 g/mol. The summed E-state index contributed by atoms with van der Waals surface area (Å²) in [6.45, 7) is 0.204. The van der Waals surface area contributed by atoms with Gasteiger partial charge in [-0.15, -0.1) is 0 Å². The van der Waals surface area contributed by atoms with Gasteiger partial charge in [-0.2, -0.15) is 0 Å². The largest absolute Gasteiger partial charge is 0.396 e. The highest BCUT2D eigenvalue weighted by atomic mass is 16.3. The maximum atomic E-state index is 9.78. The van der Waals surface area contributed by atoms with Crippen LogP contribution >= 0.6 is 0 Å². The molecule has 0 fully saturated rings. The van der Waals surface area contributed by atoms with Gasteiger partial charge in [-0.25, -0.2) is 4.57 Å². The van der Waals surface area contributed by atoms with E-state index in [1.807, 2.05) is 36.1 Å². The number of aryl methyl sites for hydroxylation is 1. The summed E-state index contributed by atoms with van der Waals surface area (Å²) in [6, 6.07) is 3.84. The molecule has 0 saturated heterocycles. The van der Waals surface area contributed by atoms with Gasteiger partial charge in [-0.1, -0.05) is 0 Å². The van der Waals surface area contributed by atoms with Gasteiger partial charge in [0.2, 0.25) is 0 Å². The van der Waals surface area contributed by atoms with Crippen molar-refractivity contribution in [3.05, 3.63) is 30.1 Å². The van der Waals surface area contributed by atoms with E-state index in [0.717, 1.165) is 18.4 Å². The second-order valence-corrected chi connectivity index (χ2v) is 3.54. The first kappa shape index (κ1) is 11.1. The fourth-order valence-corrected chi connectivity index (χ4v) is 1.42. The van der Waals surface area contributed by atoms with Crippen LogP contribution in [0.25, 0.3) is 0 Å². The Balaban J connectivity index is 2.47. The maximum absolute atomic E-state index is 9.78. The van der Waals surface area contributed by atoms with E-state index < -0.39 is 6.10 Å². The fourth-order valence-electron chi connectivity index (χ4n) is 1.42. The second kappa shape index (κ2) is 5.73. The van der Waals surface area contributed by atoms with Crippen LogP contribution in [0.3, 0.4) is 0 Å². The Bertz CT molecular complexity index is 276. The standard InChI is InChI=1S/C11H18NO2/c1-12-7-4-5-10(9-12)11(14)6-2-3-8-13/h4-5,7,9,11,13-14H,2-3,6,8H2,1H3/q+1. The van der Waals surface area contributed by atoms with Gasteiger partial charge < -0.3 is 10.2 Å². The van der Waals surface area contributed by atoms with Gasteiger partial charge in [0.25, 0.3) is 0 Å². The molecule has 0 bridgehead atoms. The maximum Gasteiger partial charge on any atom is 0.174 e. The highest BCUT2D eigenvalue weighted by Crippen LogP contribution is 2.16. The van der Waals surface area contributed by atoms with Crippen molar-refractivity contribution in [3.63, 3.8) is 0 Å². The summed E-state index contributed by atoms with van der Waals surface area (Å²) in [7, 11) is 1.93. The van der Waals surface area contributed by atoms with Gasteiger partial charge in [-0.3, -0.25) is 0 Å². The second-order valence-electron chi connectivity index (χ2n) is 3.54. The van der Waals surface area contributed by atoms with E-state index in [4.69, 9.17) is 5.11 Å². The van der Waals surface area contributed by atoms with Crippen LogP contribution in [0, 0.1) is 0 Å². The molecule has 1 unspecified atom stereocenters. The lowest BCUT2D eigenvalue weighted by atomic mass is 10.1.